The first-order chi connectivity index (χ1) is 8.42. The summed E-state index contributed by atoms with van der Waals surface area (Å²) in [5.74, 6) is 0. The van der Waals surface area contributed by atoms with E-state index in [2.05, 4.69) is 21.1 Å². The maximum Gasteiger partial charge on any atom is 0.0697 e. The van der Waals surface area contributed by atoms with Crippen molar-refractivity contribution in [2.24, 2.45) is 0 Å². The summed E-state index contributed by atoms with van der Waals surface area (Å²) in [6.45, 7) is 3.75. The van der Waals surface area contributed by atoms with Crippen molar-refractivity contribution in [3.63, 3.8) is 0 Å². The van der Waals surface area contributed by atoms with Crippen LogP contribution in [0.4, 0.5) is 0 Å². The van der Waals surface area contributed by atoms with E-state index < -0.39 is 0 Å². The highest BCUT2D eigenvalue weighted by Crippen LogP contribution is 2.53. The van der Waals surface area contributed by atoms with Crippen LogP contribution in [0.5, 0.6) is 0 Å². The van der Waals surface area contributed by atoms with Gasteiger partial charge in [0.25, 0.3) is 0 Å². The van der Waals surface area contributed by atoms with E-state index in [4.69, 9.17) is 0 Å². The van der Waals surface area contributed by atoms with Gasteiger partial charge in [-0.1, -0.05) is 53.5 Å². The van der Waals surface area contributed by atoms with Gasteiger partial charge in [-0.25, -0.2) is 0 Å². The molecule has 1 saturated heterocycles. The molecule has 0 bridgehead atoms. The Kier molecular flexibility index (Phi) is 4.56. The Bertz CT molecular complexity index is 370. The van der Waals surface area contributed by atoms with Gasteiger partial charge in [-0.05, 0) is 42.2 Å². The fourth-order valence-electron chi connectivity index (χ4n) is 2.09. The number of hydrogen-bond donors (Lipinski definition) is 0. The van der Waals surface area contributed by atoms with Crippen LogP contribution >= 0.6 is 47.0 Å². The second-order valence-corrected chi connectivity index (χ2v) is 8.59. The minimum absolute atomic E-state index is 1.16. The highest BCUT2D eigenvalue weighted by atomic mass is 32.2. The summed E-state index contributed by atoms with van der Waals surface area (Å²) in [4.78, 5) is 4.14. The number of thioether (sulfide) groups is 4. The Morgan fingerprint density at radius 1 is 0.941 bits per heavy atom. The Labute approximate surface area is 120 Å². The number of hydrogen-bond acceptors (Lipinski definition) is 5. The quantitative estimate of drug-likeness (QED) is 0.713. The Morgan fingerprint density at radius 2 is 1.71 bits per heavy atom. The summed E-state index contributed by atoms with van der Waals surface area (Å²) in [5, 5.41) is 6.70. The Morgan fingerprint density at radius 3 is 2.47 bits per heavy atom. The van der Waals surface area contributed by atoms with Crippen molar-refractivity contribution in [3.05, 3.63) is 29.6 Å². The van der Waals surface area contributed by atoms with Crippen molar-refractivity contribution in [3.8, 4) is 0 Å². The predicted molar refractivity (Wildman–Crippen MR) is 84.9 cm³/mol. The number of rotatable bonds is 2. The van der Waals surface area contributed by atoms with Crippen LogP contribution in [0.15, 0.2) is 29.6 Å². The van der Waals surface area contributed by atoms with Crippen LogP contribution in [0.1, 0.15) is 19.3 Å². The van der Waals surface area contributed by atoms with E-state index in [1.54, 1.807) is 0 Å². The molecule has 0 saturated carbocycles. The van der Waals surface area contributed by atoms with Gasteiger partial charge in [0.15, 0.2) is 0 Å². The van der Waals surface area contributed by atoms with Crippen LogP contribution in [0.25, 0.3) is 0 Å². The van der Waals surface area contributed by atoms with Crippen molar-refractivity contribution >= 4 is 47.0 Å². The number of likely N-dealkylation sites (tertiary alicyclic amines) is 1. The molecule has 3 heterocycles. The molecule has 1 fully saturated rings. The lowest BCUT2D eigenvalue weighted by Gasteiger charge is -2.26. The molecule has 1 nitrogen and oxygen atoms in total. The third-order valence-electron chi connectivity index (χ3n) is 2.92. The molecular formula is C12H15NS4. The molecule has 0 aromatic heterocycles. The first kappa shape index (κ1) is 12.6. The molecule has 0 amide bonds. The molecule has 0 unspecified atom stereocenters. The minimum Gasteiger partial charge on any atom is -0.299 e. The van der Waals surface area contributed by atoms with Crippen LogP contribution in [0.3, 0.4) is 0 Å². The summed E-state index contributed by atoms with van der Waals surface area (Å²) in [6.07, 6.45) is 4.19. The van der Waals surface area contributed by atoms with E-state index in [0.717, 1.165) is 6.54 Å². The Balaban J connectivity index is 1.54. The monoisotopic (exact) mass is 301 g/mol. The highest BCUT2D eigenvalue weighted by molar-refractivity contribution is 8.33. The summed E-state index contributed by atoms with van der Waals surface area (Å²) in [6, 6.07) is 0. The smallest absolute Gasteiger partial charge is 0.0697 e. The lowest BCUT2D eigenvalue weighted by atomic mass is 10.1. The van der Waals surface area contributed by atoms with Gasteiger partial charge in [0.2, 0.25) is 0 Å². The van der Waals surface area contributed by atoms with E-state index in [-0.39, 0.29) is 0 Å². The van der Waals surface area contributed by atoms with E-state index in [9.17, 15) is 0 Å². The largest absolute Gasteiger partial charge is 0.299 e. The van der Waals surface area contributed by atoms with Gasteiger partial charge >= 0.3 is 0 Å². The summed E-state index contributed by atoms with van der Waals surface area (Å²) in [7, 11) is 0. The molecule has 0 radical (unpaired) electrons. The maximum absolute atomic E-state index is 2.60. The third-order valence-corrected chi connectivity index (χ3v) is 7.98. The van der Waals surface area contributed by atoms with Gasteiger partial charge in [0.1, 0.15) is 0 Å². The van der Waals surface area contributed by atoms with Gasteiger partial charge in [0, 0.05) is 11.4 Å². The van der Waals surface area contributed by atoms with Crippen molar-refractivity contribution in [1.82, 2.24) is 4.90 Å². The zero-order valence-corrected chi connectivity index (χ0v) is 12.8. The second-order valence-electron chi connectivity index (χ2n) is 4.22. The third kappa shape index (κ3) is 3.32. The van der Waals surface area contributed by atoms with Gasteiger partial charge in [-0.3, -0.25) is 4.90 Å². The maximum atomic E-state index is 2.60. The van der Waals surface area contributed by atoms with Gasteiger partial charge in [0.05, 0.1) is 8.47 Å². The normalized spacial score (nSPS) is 25.8. The number of nitrogens with zero attached hydrogens (tertiary/aromatic N) is 1. The topological polar surface area (TPSA) is 3.24 Å². The number of piperidine rings is 1. The zero-order valence-electron chi connectivity index (χ0n) is 9.55. The van der Waals surface area contributed by atoms with Crippen molar-refractivity contribution < 1.29 is 0 Å². The molecule has 3 aliphatic heterocycles. The summed E-state index contributed by atoms with van der Waals surface area (Å²) in [5.41, 5.74) is 0. The van der Waals surface area contributed by atoms with Crippen LogP contribution in [0.2, 0.25) is 0 Å². The fraction of sp³-hybridized carbons (Fsp3) is 0.500. The second kappa shape index (κ2) is 6.15. The van der Waals surface area contributed by atoms with Crippen molar-refractivity contribution in [2.75, 3.05) is 19.6 Å². The molecular weight excluding hydrogens is 286 g/mol. The van der Waals surface area contributed by atoms with Crippen LogP contribution in [-0.2, 0) is 0 Å². The highest BCUT2D eigenvalue weighted by Gasteiger charge is 2.20. The average molecular weight is 302 g/mol. The molecule has 0 N–H and O–H groups in total. The minimum atomic E-state index is 1.16. The molecule has 3 rings (SSSR count). The van der Waals surface area contributed by atoms with E-state index in [0.29, 0.717) is 0 Å². The standard InChI is InChI=1S/C12H15NS4/c1-2-4-13(5-3-1)8-10-9-16-12(17-10)11-14-6-7-15-11/h6-7,9H,1-5,8H2. The molecule has 0 aromatic carbocycles. The molecule has 92 valence electrons. The van der Waals surface area contributed by atoms with Crippen molar-refractivity contribution in [1.29, 1.82) is 0 Å². The van der Waals surface area contributed by atoms with Crippen molar-refractivity contribution in [2.45, 2.75) is 19.3 Å². The molecule has 0 aliphatic carbocycles. The van der Waals surface area contributed by atoms with E-state index >= 15 is 0 Å². The summed E-state index contributed by atoms with van der Waals surface area (Å²) < 4.78 is 2.95. The average Bonchev–Trinajstić information content (AvgIpc) is 3.00. The molecule has 0 aromatic rings. The molecule has 5 heteroatoms. The van der Waals surface area contributed by atoms with Crippen LogP contribution in [0, 0.1) is 0 Å². The predicted octanol–water partition coefficient (Wildman–Crippen LogP) is 4.87. The first-order valence-corrected chi connectivity index (χ1v) is 9.36. The zero-order chi connectivity index (χ0) is 11.5. The molecule has 3 aliphatic rings. The lowest BCUT2D eigenvalue weighted by molar-refractivity contribution is 0.250. The van der Waals surface area contributed by atoms with Crippen LogP contribution < -0.4 is 0 Å². The lowest BCUT2D eigenvalue weighted by Crippen LogP contribution is -2.30. The van der Waals surface area contributed by atoms with E-state index in [1.807, 2.05) is 47.0 Å². The SMILES string of the molecule is C1=CSC(=C2SC=C(CN3CCCCC3)S2)S1. The van der Waals surface area contributed by atoms with Crippen LogP contribution in [-0.4, -0.2) is 24.5 Å². The van der Waals surface area contributed by atoms with E-state index in [1.165, 1.54) is 45.7 Å². The van der Waals surface area contributed by atoms with Gasteiger partial charge in [-0.15, -0.1) is 0 Å². The molecule has 17 heavy (non-hydrogen) atoms. The van der Waals surface area contributed by atoms with Gasteiger partial charge < -0.3 is 0 Å². The summed E-state index contributed by atoms with van der Waals surface area (Å²) >= 11 is 7.61. The molecule has 0 spiro atoms. The fourth-order valence-corrected chi connectivity index (χ4v) is 6.61. The first-order valence-electron chi connectivity index (χ1n) is 5.90. The van der Waals surface area contributed by atoms with Gasteiger partial charge in [-0.2, -0.15) is 0 Å². The molecule has 0 atom stereocenters. The Hall–Kier alpha value is 0.580.